The summed E-state index contributed by atoms with van der Waals surface area (Å²) in [7, 11) is 8.55. The van der Waals surface area contributed by atoms with Gasteiger partial charge in [0, 0.05) is 138 Å². The Labute approximate surface area is 452 Å². The maximum absolute atomic E-state index is 10.7. The number of methoxy groups -OCH3 is 7. The van der Waals surface area contributed by atoms with Crippen molar-refractivity contribution in [3.8, 4) is 6.01 Å². The van der Waals surface area contributed by atoms with Gasteiger partial charge in [-0.25, -0.2) is 28.4 Å². The first-order valence-corrected chi connectivity index (χ1v) is 27.4. The molecule has 1 saturated carbocycles. The molecule has 27 nitrogen and oxygen atoms in total. The summed E-state index contributed by atoms with van der Waals surface area (Å²) in [6.07, 6.45) is 28.6. The summed E-state index contributed by atoms with van der Waals surface area (Å²) in [4.78, 5) is 37.0. The van der Waals surface area contributed by atoms with Crippen LogP contribution in [0.2, 0.25) is 0 Å². The number of aryl methyl sites for hydroxylation is 3. The van der Waals surface area contributed by atoms with Crippen molar-refractivity contribution in [2.24, 2.45) is 0 Å². The van der Waals surface area contributed by atoms with Gasteiger partial charge in [-0.1, -0.05) is 5.16 Å². The first-order chi connectivity index (χ1) is 36.8. The van der Waals surface area contributed by atoms with Gasteiger partial charge in [-0.15, -0.1) is 0 Å². The number of aromatic nitrogens is 14. The van der Waals surface area contributed by atoms with E-state index in [1.165, 1.54) is 39.5 Å². The Balaban J connectivity index is 0.000000838. The molecule has 1 aliphatic heterocycles. The first-order valence-electron chi connectivity index (χ1n) is 24.0. The Morgan fingerprint density at radius 2 is 1.39 bits per heavy atom. The van der Waals surface area contributed by atoms with Gasteiger partial charge in [0.2, 0.25) is 11.8 Å². The average Bonchev–Trinajstić information content (AvgIpc) is 4.17. The number of hydrogen-bond donors (Lipinski definition) is 1. The molecule has 29 heteroatoms. The molecule has 1 aliphatic carbocycles. The number of nitrogens with zero attached hydrogens (tertiary/aromatic N) is 14. The normalized spacial score (nSPS) is 12.2. The summed E-state index contributed by atoms with van der Waals surface area (Å²) in [6.45, 7) is 11.5. The summed E-state index contributed by atoms with van der Waals surface area (Å²) in [5.41, 5.74) is 0. The van der Waals surface area contributed by atoms with E-state index in [1.54, 1.807) is 95.3 Å². The van der Waals surface area contributed by atoms with Crippen molar-refractivity contribution in [2.75, 3.05) is 113 Å². The Kier molecular flexibility index (Phi) is 45.1. The molecule has 0 unspecified atom stereocenters. The molecule has 0 aromatic carbocycles. The maximum atomic E-state index is 10.7. The Bertz CT molecular complexity index is 2110. The number of ether oxygens (including phenoxy) is 8. The summed E-state index contributed by atoms with van der Waals surface area (Å²) < 4.78 is 71.9. The van der Waals surface area contributed by atoms with E-state index >= 15 is 0 Å². The Morgan fingerprint density at radius 3 is 1.82 bits per heavy atom. The number of amides is 1. The maximum Gasteiger partial charge on any atom is 0.319 e. The fourth-order valence-corrected chi connectivity index (χ4v) is 5.77. The van der Waals surface area contributed by atoms with Crippen LogP contribution in [0.5, 0.6) is 6.01 Å². The monoisotopic (exact) mass is 1110 g/mol. The predicted octanol–water partition coefficient (Wildman–Crippen LogP) is 3.41. The van der Waals surface area contributed by atoms with Crippen LogP contribution in [0.15, 0.2) is 85.7 Å². The minimum absolute atomic E-state index is 0.000000000000000222. The fourth-order valence-electron chi connectivity index (χ4n) is 4.86. The topological polar surface area (TPSA) is 299 Å². The van der Waals surface area contributed by atoms with Gasteiger partial charge in [0.1, 0.15) is 48.4 Å². The number of thioether (sulfide) groups is 1. The lowest BCUT2D eigenvalue weighted by Gasteiger charge is -2.19. The molecule has 6 aromatic heterocycles. The number of nitrogens with one attached hydrogen (secondary N) is 1. The third-order valence-electron chi connectivity index (χ3n) is 8.97. The summed E-state index contributed by atoms with van der Waals surface area (Å²) >= 11 is 1.85. The van der Waals surface area contributed by atoms with Gasteiger partial charge < -0.3 is 56.9 Å². The number of hydrogen-bond acceptors (Lipinski definition) is 23. The molecular formula is C47H83N15O12S2. The summed E-state index contributed by atoms with van der Waals surface area (Å²) in [5.74, 6) is 2.47. The Morgan fingerprint density at radius 1 is 0.750 bits per heavy atom. The van der Waals surface area contributed by atoms with Crippen LogP contribution in [0.1, 0.15) is 44.3 Å². The number of carbonyl (C=O) groups excluding carboxylic acids is 1. The first kappa shape index (κ1) is 70.2. The lowest BCUT2D eigenvalue weighted by molar-refractivity contribution is -0.124. The van der Waals surface area contributed by atoms with Gasteiger partial charge in [-0.3, -0.25) is 14.2 Å². The van der Waals surface area contributed by atoms with E-state index in [1.807, 2.05) is 42.0 Å². The second-order valence-corrected chi connectivity index (χ2v) is 18.6. The van der Waals surface area contributed by atoms with Gasteiger partial charge in [0.05, 0.1) is 57.9 Å². The predicted molar refractivity (Wildman–Crippen MR) is 286 cm³/mol. The van der Waals surface area contributed by atoms with Gasteiger partial charge in [-0.2, -0.15) is 36.9 Å². The minimum atomic E-state index is -2.86. The van der Waals surface area contributed by atoms with E-state index in [-0.39, 0.29) is 18.3 Å². The quantitative estimate of drug-likeness (QED) is 0.115. The second-order valence-electron chi connectivity index (χ2n) is 15.3. The number of imidazole rings is 2. The molecule has 6 aromatic rings. The molecule has 0 atom stereocenters. The van der Waals surface area contributed by atoms with Crippen molar-refractivity contribution in [1.29, 1.82) is 0 Å². The highest BCUT2D eigenvalue weighted by molar-refractivity contribution is 7.98. The van der Waals surface area contributed by atoms with Crippen molar-refractivity contribution in [1.82, 2.24) is 74.1 Å². The molecule has 0 bridgehead atoms. The summed E-state index contributed by atoms with van der Waals surface area (Å²) in [6, 6.07) is 2.56. The van der Waals surface area contributed by atoms with Gasteiger partial charge in [0.15, 0.2) is 5.82 Å². The highest BCUT2D eigenvalue weighted by Gasteiger charge is 2.22. The van der Waals surface area contributed by atoms with Crippen molar-refractivity contribution >= 4 is 27.5 Å². The van der Waals surface area contributed by atoms with Crippen molar-refractivity contribution in [2.45, 2.75) is 84.5 Å². The van der Waals surface area contributed by atoms with Gasteiger partial charge >= 0.3 is 6.01 Å². The second kappa shape index (κ2) is 48.8. The number of rotatable bonds is 20. The van der Waals surface area contributed by atoms with E-state index in [2.05, 4.69) is 85.1 Å². The van der Waals surface area contributed by atoms with E-state index < -0.39 is 9.84 Å². The van der Waals surface area contributed by atoms with Crippen molar-refractivity contribution in [3.05, 3.63) is 92.9 Å². The molecule has 7 heterocycles. The highest BCUT2D eigenvalue weighted by atomic mass is 32.2. The van der Waals surface area contributed by atoms with Crippen molar-refractivity contribution < 1.29 is 55.6 Å². The third-order valence-corrected chi connectivity index (χ3v) is 10.5. The van der Waals surface area contributed by atoms with Crippen molar-refractivity contribution in [3.63, 3.8) is 0 Å². The average molecular weight is 1110 g/mol. The van der Waals surface area contributed by atoms with Crippen LogP contribution in [0.4, 0.5) is 0 Å². The van der Waals surface area contributed by atoms with Crippen LogP contribution in [-0.4, -0.2) is 209 Å². The van der Waals surface area contributed by atoms with Crippen LogP contribution in [-0.2, 0) is 80.6 Å². The van der Waals surface area contributed by atoms with Crippen LogP contribution < -0.4 is 10.1 Å². The van der Waals surface area contributed by atoms with E-state index in [4.69, 9.17) is 23.7 Å². The minimum Gasteiger partial charge on any atom is -0.467 e. The molecule has 0 spiro atoms. The lowest BCUT2D eigenvalue weighted by Crippen LogP contribution is -2.28. The molecule has 8 rings (SSSR count). The van der Waals surface area contributed by atoms with Crippen LogP contribution >= 0.6 is 11.8 Å². The highest BCUT2D eigenvalue weighted by Crippen LogP contribution is 2.18. The van der Waals surface area contributed by atoms with Crippen LogP contribution in [0, 0.1) is 6.92 Å². The van der Waals surface area contributed by atoms with E-state index in [0.29, 0.717) is 49.6 Å². The fraction of sp³-hybridized carbons (Fsp3) is 0.638. The van der Waals surface area contributed by atoms with E-state index in [0.717, 1.165) is 77.5 Å². The van der Waals surface area contributed by atoms with E-state index in [9.17, 15) is 13.2 Å². The van der Waals surface area contributed by atoms with Gasteiger partial charge in [0.25, 0.3) is 0 Å². The smallest absolute Gasteiger partial charge is 0.319 e. The SMILES string of the molecule is CCOC.COC1CCOCC1.COCC(=O)NC1CC1.COCCn1ccnc1.COCCn1cncn1.COCc1noc(C)n1.COc1ncncn1.CS(=O)(=O)CCn1cccn1.CSCCn1ccnc1. The molecule has 76 heavy (non-hydrogen) atoms. The molecule has 0 radical (unpaired) electrons. The molecule has 1 N–H and O–H groups in total. The van der Waals surface area contributed by atoms with Crippen LogP contribution in [0.3, 0.4) is 0 Å². The summed E-state index contributed by atoms with van der Waals surface area (Å²) in [5, 5.41) is 14.1. The Hall–Kier alpha value is -5.79. The zero-order valence-corrected chi connectivity index (χ0v) is 47.8. The van der Waals surface area contributed by atoms with Gasteiger partial charge in [-0.05, 0) is 44.9 Å². The third kappa shape index (κ3) is 44.5. The van der Waals surface area contributed by atoms with Crippen LogP contribution in [0.25, 0.3) is 0 Å². The number of carbonyl (C=O) groups is 1. The molecular weight excluding hydrogens is 1030 g/mol. The molecule has 1 amide bonds. The zero-order valence-electron chi connectivity index (χ0n) is 46.2. The molecule has 2 fully saturated rings. The molecule has 1 saturated heterocycles. The standard InChI is InChI=1S/C6H10N2O2S.C6H10N2O.C6H10N2S.C6H11NO2.C6H12O2.C5H9N3O.C5H8N2O2.C4H5N3O.C3H8O/c1-11(9,10)6-5-8-4-2-3-7-8;2*1-9-5-4-8-3-2-7-6-8;1-9-4-6(8)7-5-2-3-5;1-7-6-2-4-8-5-3-6;1-9-3-2-8-5-6-4-7-8;1-4-6-5(3-8-2)7-9-4;1-8-4-6-2-5-3-7-4;1-3-4-2/h2-4H,5-6H2,1H3;2*2-3,6H,4-5H2,1H3;5H,2-4H2,1H3,(H,7,8);6H,2-5H2,1H3;4-5H,2-3H2,1H3;3H2,1-2H3;2-3H,1H3;3H2,1-2H3. The molecule has 430 valence electrons. The largest absolute Gasteiger partial charge is 0.467 e. The zero-order chi connectivity index (χ0) is 56.3. The number of sulfone groups is 1. The molecule has 2 aliphatic rings. The lowest BCUT2D eigenvalue weighted by atomic mass is 10.2.